The van der Waals surface area contributed by atoms with Crippen LogP contribution in [0.2, 0.25) is 0 Å². The highest BCUT2D eigenvalue weighted by atomic mass is 32.2. The number of nitrogens with zero attached hydrogens (tertiary/aromatic N) is 1. The Kier molecular flexibility index (Phi) is 5.35. The summed E-state index contributed by atoms with van der Waals surface area (Å²) in [6.07, 6.45) is 2.04. The van der Waals surface area contributed by atoms with E-state index in [1.165, 1.54) is 12.0 Å². The van der Waals surface area contributed by atoms with Gasteiger partial charge in [-0.15, -0.1) is 11.8 Å². The smallest absolute Gasteiger partial charge is 0.248 e. The number of benzene rings is 1. The third-order valence-electron chi connectivity index (χ3n) is 2.27. The zero-order chi connectivity index (χ0) is 12.0. The topological polar surface area (TPSA) is 29.5 Å². The Morgan fingerprint density at radius 3 is 2.50 bits per heavy atom. The highest BCUT2D eigenvalue weighted by molar-refractivity contribution is 7.98. The van der Waals surface area contributed by atoms with Gasteiger partial charge in [0.1, 0.15) is 6.61 Å². The van der Waals surface area contributed by atoms with Gasteiger partial charge in [-0.2, -0.15) is 0 Å². The summed E-state index contributed by atoms with van der Waals surface area (Å²) in [5.74, 6) is -0.00329. The Morgan fingerprint density at radius 2 is 2.00 bits per heavy atom. The number of hydrogen-bond acceptors (Lipinski definition) is 3. The van der Waals surface area contributed by atoms with Gasteiger partial charge in [-0.25, -0.2) is 0 Å². The van der Waals surface area contributed by atoms with Gasteiger partial charge in [0, 0.05) is 25.6 Å². The lowest BCUT2D eigenvalue weighted by atomic mass is 10.2. The van der Waals surface area contributed by atoms with Gasteiger partial charge in [-0.05, 0) is 24.0 Å². The van der Waals surface area contributed by atoms with E-state index >= 15 is 0 Å². The van der Waals surface area contributed by atoms with Crippen LogP contribution in [0.1, 0.15) is 5.56 Å². The van der Waals surface area contributed by atoms with E-state index in [0.29, 0.717) is 6.54 Å². The van der Waals surface area contributed by atoms with Crippen LogP contribution in [0.4, 0.5) is 0 Å². The van der Waals surface area contributed by atoms with Gasteiger partial charge < -0.3 is 9.64 Å². The summed E-state index contributed by atoms with van der Waals surface area (Å²) in [6.45, 7) is 0.760. The number of carbonyl (C=O) groups is 1. The van der Waals surface area contributed by atoms with Crippen LogP contribution in [-0.4, -0.2) is 37.8 Å². The maximum absolute atomic E-state index is 11.5. The van der Waals surface area contributed by atoms with E-state index in [0.717, 1.165) is 5.56 Å². The lowest BCUT2D eigenvalue weighted by Crippen LogP contribution is -2.29. The second-order valence-electron chi connectivity index (χ2n) is 3.53. The molecule has 1 aromatic carbocycles. The second kappa shape index (κ2) is 6.55. The zero-order valence-electron chi connectivity index (χ0n) is 9.90. The molecule has 0 atom stereocenters. The van der Waals surface area contributed by atoms with Gasteiger partial charge in [0.2, 0.25) is 5.91 Å². The van der Waals surface area contributed by atoms with E-state index in [-0.39, 0.29) is 12.5 Å². The first kappa shape index (κ1) is 13.1. The summed E-state index contributed by atoms with van der Waals surface area (Å²) in [5, 5.41) is 0. The first-order valence-corrected chi connectivity index (χ1v) is 6.25. The molecule has 0 spiro atoms. The van der Waals surface area contributed by atoms with Crippen LogP contribution in [0.3, 0.4) is 0 Å². The van der Waals surface area contributed by atoms with Crippen molar-refractivity contribution in [3.8, 4) is 0 Å². The summed E-state index contributed by atoms with van der Waals surface area (Å²) < 4.78 is 4.80. The Bertz CT molecular complexity index is 337. The first-order valence-electron chi connectivity index (χ1n) is 5.03. The average Bonchev–Trinajstić information content (AvgIpc) is 2.30. The highest BCUT2D eigenvalue weighted by Gasteiger charge is 2.08. The maximum Gasteiger partial charge on any atom is 0.248 e. The molecule has 0 bridgehead atoms. The number of amides is 1. The Morgan fingerprint density at radius 1 is 1.38 bits per heavy atom. The number of ether oxygens (including phenoxy) is 1. The lowest BCUT2D eigenvalue weighted by molar-refractivity contribution is -0.134. The molecule has 0 saturated carbocycles. The number of hydrogen-bond donors (Lipinski definition) is 0. The second-order valence-corrected chi connectivity index (χ2v) is 4.41. The molecule has 16 heavy (non-hydrogen) atoms. The number of methoxy groups -OCH3 is 1. The van der Waals surface area contributed by atoms with Gasteiger partial charge >= 0.3 is 0 Å². The Labute approximate surface area is 101 Å². The fourth-order valence-corrected chi connectivity index (χ4v) is 1.73. The molecule has 3 nitrogen and oxygen atoms in total. The average molecular weight is 239 g/mol. The first-order chi connectivity index (χ1) is 7.67. The molecular formula is C12H17NO2S. The van der Waals surface area contributed by atoms with E-state index in [1.807, 2.05) is 18.4 Å². The van der Waals surface area contributed by atoms with Crippen molar-refractivity contribution in [3.63, 3.8) is 0 Å². The minimum absolute atomic E-state index is 0.00329. The van der Waals surface area contributed by atoms with E-state index in [2.05, 4.69) is 12.1 Å². The summed E-state index contributed by atoms with van der Waals surface area (Å²) in [5.41, 5.74) is 1.13. The zero-order valence-corrected chi connectivity index (χ0v) is 10.7. The number of thioether (sulfide) groups is 1. The van der Waals surface area contributed by atoms with Crippen molar-refractivity contribution in [2.24, 2.45) is 0 Å². The van der Waals surface area contributed by atoms with Crippen molar-refractivity contribution in [1.29, 1.82) is 0 Å². The number of rotatable bonds is 5. The monoisotopic (exact) mass is 239 g/mol. The van der Waals surface area contributed by atoms with E-state index in [4.69, 9.17) is 4.74 Å². The normalized spacial score (nSPS) is 10.2. The minimum atomic E-state index is -0.00329. The molecule has 1 amide bonds. The molecule has 0 radical (unpaired) electrons. The van der Waals surface area contributed by atoms with Crippen LogP contribution in [0.25, 0.3) is 0 Å². The van der Waals surface area contributed by atoms with Crippen molar-refractivity contribution >= 4 is 17.7 Å². The fourth-order valence-electron chi connectivity index (χ4n) is 1.33. The maximum atomic E-state index is 11.5. The molecule has 0 aliphatic heterocycles. The van der Waals surface area contributed by atoms with Crippen molar-refractivity contribution in [2.75, 3.05) is 27.0 Å². The van der Waals surface area contributed by atoms with Crippen molar-refractivity contribution in [3.05, 3.63) is 29.8 Å². The fraction of sp³-hybridized carbons (Fsp3) is 0.417. The molecule has 1 aromatic rings. The van der Waals surface area contributed by atoms with Gasteiger partial charge in [0.25, 0.3) is 0 Å². The molecule has 0 aliphatic carbocycles. The largest absolute Gasteiger partial charge is 0.375 e. The Balaban J connectivity index is 2.55. The molecule has 4 heteroatoms. The molecule has 0 aliphatic rings. The third-order valence-corrected chi connectivity index (χ3v) is 3.02. The van der Waals surface area contributed by atoms with Crippen molar-refractivity contribution < 1.29 is 9.53 Å². The molecular weight excluding hydrogens is 222 g/mol. The van der Waals surface area contributed by atoms with Crippen LogP contribution < -0.4 is 0 Å². The van der Waals surface area contributed by atoms with Crippen LogP contribution in [0.5, 0.6) is 0 Å². The molecule has 0 N–H and O–H groups in total. The SMILES string of the molecule is COCC(=O)N(C)Cc1ccc(SC)cc1. The van der Waals surface area contributed by atoms with Gasteiger partial charge in [0.05, 0.1) is 0 Å². The van der Waals surface area contributed by atoms with Crippen molar-refractivity contribution in [1.82, 2.24) is 4.90 Å². The molecule has 0 fully saturated rings. The van der Waals surface area contributed by atoms with Gasteiger partial charge in [-0.3, -0.25) is 4.79 Å². The van der Waals surface area contributed by atoms with Gasteiger partial charge in [-0.1, -0.05) is 12.1 Å². The predicted molar refractivity (Wildman–Crippen MR) is 66.6 cm³/mol. The third kappa shape index (κ3) is 3.87. The van der Waals surface area contributed by atoms with Crippen LogP contribution >= 0.6 is 11.8 Å². The molecule has 0 saturated heterocycles. The lowest BCUT2D eigenvalue weighted by Gasteiger charge is -2.16. The quantitative estimate of drug-likeness (QED) is 0.736. The highest BCUT2D eigenvalue weighted by Crippen LogP contribution is 2.15. The summed E-state index contributed by atoms with van der Waals surface area (Å²) in [4.78, 5) is 14.4. The van der Waals surface area contributed by atoms with Crippen LogP contribution in [0, 0.1) is 0 Å². The summed E-state index contributed by atoms with van der Waals surface area (Å²) in [6, 6.07) is 8.22. The predicted octanol–water partition coefficient (Wildman–Crippen LogP) is 2.01. The minimum Gasteiger partial charge on any atom is -0.375 e. The van der Waals surface area contributed by atoms with E-state index < -0.39 is 0 Å². The van der Waals surface area contributed by atoms with Gasteiger partial charge in [0.15, 0.2) is 0 Å². The molecule has 0 heterocycles. The molecule has 0 unspecified atom stereocenters. The van der Waals surface area contributed by atoms with Crippen LogP contribution in [-0.2, 0) is 16.1 Å². The molecule has 88 valence electrons. The standard InChI is InChI=1S/C12H17NO2S/c1-13(12(14)9-15-2)8-10-4-6-11(16-3)7-5-10/h4-7H,8-9H2,1-3H3. The van der Waals surface area contributed by atoms with Crippen molar-refractivity contribution in [2.45, 2.75) is 11.4 Å². The Hall–Kier alpha value is -1.00. The van der Waals surface area contributed by atoms with Crippen LogP contribution in [0.15, 0.2) is 29.2 Å². The number of carbonyl (C=O) groups excluding carboxylic acids is 1. The number of likely N-dealkylation sites (N-methyl/N-ethyl adjacent to an activating group) is 1. The molecule has 0 aromatic heterocycles. The molecule has 1 rings (SSSR count). The summed E-state index contributed by atoms with van der Waals surface area (Å²) in [7, 11) is 3.31. The summed E-state index contributed by atoms with van der Waals surface area (Å²) >= 11 is 1.71. The van der Waals surface area contributed by atoms with E-state index in [1.54, 1.807) is 23.7 Å². The van der Waals surface area contributed by atoms with E-state index in [9.17, 15) is 4.79 Å².